The molecule has 3 aromatic rings. The van der Waals surface area contributed by atoms with Gasteiger partial charge in [0.05, 0.1) is 11.0 Å². The lowest BCUT2D eigenvalue weighted by Crippen LogP contribution is -2.37. The van der Waals surface area contributed by atoms with Crippen LogP contribution in [0.3, 0.4) is 0 Å². The van der Waals surface area contributed by atoms with E-state index in [0.717, 1.165) is 54.3 Å². The van der Waals surface area contributed by atoms with Gasteiger partial charge in [0.1, 0.15) is 5.82 Å². The molecular weight excluding hydrogens is 374 g/mol. The van der Waals surface area contributed by atoms with Crippen LogP contribution in [0.4, 0.5) is 5.69 Å². The fourth-order valence-corrected chi connectivity index (χ4v) is 4.37. The van der Waals surface area contributed by atoms with E-state index < -0.39 is 0 Å². The lowest BCUT2D eigenvalue weighted by molar-refractivity contribution is -0.114. The zero-order valence-corrected chi connectivity index (χ0v) is 18.1. The van der Waals surface area contributed by atoms with Crippen LogP contribution >= 0.6 is 0 Å². The number of likely N-dealkylation sites (tertiary alicyclic amines) is 1. The number of aromatic nitrogens is 2. The Balaban J connectivity index is 1.53. The molecule has 0 atom stereocenters. The Bertz CT molecular complexity index is 1020. The van der Waals surface area contributed by atoms with Crippen molar-refractivity contribution in [1.82, 2.24) is 20.2 Å². The molecule has 0 radical (unpaired) electrons. The summed E-state index contributed by atoms with van der Waals surface area (Å²) in [5.74, 6) is 1.41. The number of carbonyl (C=O) groups is 1. The summed E-state index contributed by atoms with van der Waals surface area (Å²) in [6.45, 7) is 8.18. The summed E-state index contributed by atoms with van der Waals surface area (Å²) in [6.07, 6.45) is 2.42. The van der Waals surface area contributed by atoms with Gasteiger partial charge in [0.2, 0.25) is 5.91 Å². The summed E-state index contributed by atoms with van der Waals surface area (Å²) in [6, 6.07) is 12.4. The van der Waals surface area contributed by atoms with Gasteiger partial charge in [0, 0.05) is 31.3 Å². The molecule has 0 aliphatic carbocycles. The molecule has 2 aromatic carbocycles. The first kappa shape index (κ1) is 20.6. The standard InChI is InChI=1S/C24H31N5O/c1-16-14-20(18-8-11-29(12-9-18)13-10-25-3)15-22-23(16)28-24(27-22)19-4-6-21(7-5-19)26-17(2)30/h4-7,14-15,18,25H,8-13H2,1-3H3,(H,26,30)(H,27,28). The number of benzene rings is 2. The number of fused-ring (bicyclic) bond motifs is 1. The number of aryl methyl sites for hydroxylation is 1. The van der Waals surface area contributed by atoms with Gasteiger partial charge in [-0.3, -0.25) is 4.79 Å². The van der Waals surface area contributed by atoms with E-state index in [1.54, 1.807) is 0 Å². The van der Waals surface area contributed by atoms with Gasteiger partial charge >= 0.3 is 0 Å². The summed E-state index contributed by atoms with van der Waals surface area (Å²) >= 11 is 0. The van der Waals surface area contributed by atoms with Crippen LogP contribution in [0.2, 0.25) is 0 Å². The van der Waals surface area contributed by atoms with E-state index in [1.165, 1.54) is 30.9 Å². The number of nitrogens with one attached hydrogen (secondary N) is 3. The molecular formula is C24H31N5O. The zero-order chi connectivity index (χ0) is 21.1. The van der Waals surface area contributed by atoms with Crippen molar-refractivity contribution >= 4 is 22.6 Å². The Kier molecular flexibility index (Phi) is 6.16. The molecule has 0 bridgehead atoms. The number of rotatable bonds is 6. The number of hydrogen-bond donors (Lipinski definition) is 3. The average molecular weight is 406 g/mol. The first-order valence-corrected chi connectivity index (χ1v) is 10.8. The largest absolute Gasteiger partial charge is 0.338 e. The van der Waals surface area contributed by atoms with Crippen molar-refractivity contribution < 1.29 is 4.79 Å². The number of nitrogens with zero attached hydrogens (tertiary/aromatic N) is 2. The van der Waals surface area contributed by atoms with Gasteiger partial charge in [-0.25, -0.2) is 4.98 Å². The molecule has 0 unspecified atom stereocenters. The minimum absolute atomic E-state index is 0.0671. The average Bonchev–Trinajstić information content (AvgIpc) is 3.17. The number of likely N-dealkylation sites (N-methyl/N-ethyl adjacent to an activating group) is 1. The minimum Gasteiger partial charge on any atom is -0.338 e. The van der Waals surface area contributed by atoms with Gasteiger partial charge < -0.3 is 20.5 Å². The highest BCUT2D eigenvalue weighted by Gasteiger charge is 2.21. The number of anilines is 1. The van der Waals surface area contributed by atoms with Crippen LogP contribution in [0.15, 0.2) is 36.4 Å². The van der Waals surface area contributed by atoms with Crippen LogP contribution in [0.1, 0.15) is 36.8 Å². The summed E-state index contributed by atoms with van der Waals surface area (Å²) in [5, 5.41) is 6.04. The maximum absolute atomic E-state index is 11.2. The van der Waals surface area contributed by atoms with Gasteiger partial charge in [-0.2, -0.15) is 0 Å². The Morgan fingerprint density at radius 2 is 1.93 bits per heavy atom. The molecule has 3 N–H and O–H groups in total. The van der Waals surface area contributed by atoms with E-state index >= 15 is 0 Å². The van der Waals surface area contributed by atoms with Gasteiger partial charge in [-0.1, -0.05) is 6.07 Å². The van der Waals surface area contributed by atoms with E-state index in [0.29, 0.717) is 5.92 Å². The normalized spacial score (nSPS) is 15.6. The Morgan fingerprint density at radius 3 is 2.60 bits per heavy atom. The number of hydrogen-bond acceptors (Lipinski definition) is 4. The van der Waals surface area contributed by atoms with E-state index in [-0.39, 0.29) is 5.91 Å². The number of piperidine rings is 1. The van der Waals surface area contributed by atoms with Gasteiger partial charge in [0.25, 0.3) is 0 Å². The Labute approximate surface area is 178 Å². The molecule has 158 valence electrons. The van der Waals surface area contributed by atoms with Crippen molar-refractivity contribution in [3.8, 4) is 11.4 Å². The molecule has 6 nitrogen and oxygen atoms in total. The topological polar surface area (TPSA) is 73.0 Å². The van der Waals surface area contributed by atoms with Crippen LogP contribution in [-0.2, 0) is 4.79 Å². The monoisotopic (exact) mass is 405 g/mol. The van der Waals surface area contributed by atoms with Gasteiger partial charge in [-0.05, 0) is 87.3 Å². The molecule has 30 heavy (non-hydrogen) atoms. The molecule has 6 heteroatoms. The van der Waals surface area contributed by atoms with Crippen molar-refractivity contribution in [3.63, 3.8) is 0 Å². The zero-order valence-electron chi connectivity index (χ0n) is 18.1. The fourth-order valence-electron chi connectivity index (χ4n) is 4.37. The van der Waals surface area contributed by atoms with E-state index in [4.69, 9.17) is 4.98 Å². The molecule has 1 aliphatic heterocycles. The quantitative estimate of drug-likeness (QED) is 0.582. The third-order valence-corrected chi connectivity index (χ3v) is 6.02. The number of imidazole rings is 1. The summed E-state index contributed by atoms with van der Waals surface area (Å²) in [7, 11) is 2.01. The van der Waals surface area contributed by atoms with Crippen LogP contribution in [-0.4, -0.2) is 54.0 Å². The summed E-state index contributed by atoms with van der Waals surface area (Å²) < 4.78 is 0. The molecule has 0 spiro atoms. The Hall–Kier alpha value is -2.70. The summed E-state index contributed by atoms with van der Waals surface area (Å²) in [4.78, 5) is 22.1. The molecule has 4 rings (SSSR count). The van der Waals surface area contributed by atoms with Crippen LogP contribution < -0.4 is 10.6 Å². The smallest absolute Gasteiger partial charge is 0.221 e. The molecule has 1 saturated heterocycles. The second-order valence-electron chi connectivity index (χ2n) is 8.30. The summed E-state index contributed by atoms with van der Waals surface area (Å²) in [5.41, 5.74) is 6.58. The molecule has 2 heterocycles. The molecule has 1 aliphatic rings. The van der Waals surface area contributed by atoms with Gasteiger partial charge in [-0.15, -0.1) is 0 Å². The highest BCUT2D eigenvalue weighted by molar-refractivity contribution is 5.89. The van der Waals surface area contributed by atoms with Crippen molar-refractivity contribution in [3.05, 3.63) is 47.5 Å². The van der Waals surface area contributed by atoms with Crippen LogP contribution in [0, 0.1) is 6.92 Å². The fraction of sp³-hybridized carbons (Fsp3) is 0.417. The predicted molar refractivity (Wildman–Crippen MR) is 123 cm³/mol. The second-order valence-corrected chi connectivity index (χ2v) is 8.30. The maximum Gasteiger partial charge on any atom is 0.221 e. The Morgan fingerprint density at radius 1 is 1.20 bits per heavy atom. The third kappa shape index (κ3) is 4.55. The lowest BCUT2D eigenvalue weighted by Gasteiger charge is -2.32. The van der Waals surface area contributed by atoms with Crippen molar-refractivity contribution in [2.45, 2.75) is 32.6 Å². The van der Waals surface area contributed by atoms with Crippen LogP contribution in [0.25, 0.3) is 22.4 Å². The first-order chi connectivity index (χ1) is 14.5. The molecule has 1 aromatic heterocycles. The maximum atomic E-state index is 11.2. The highest BCUT2D eigenvalue weighted by atomic mass is 16.1. The number of aromatic amines is 1. The molecule has 1 fully saturated rings. The predicted octanol–water partition coefficient (Wildman–Crippen LogP) is 3.90. The lowest BCUT2D eigenvalue weighted by atomic mass is 9.88. The minimum atomic E-state index is -0.0671. The van der Waals surface area contributed by atoms with Crippen molar-refractivity contribution in [2.24, 2.45) is 0 Å². The number of amides is 1. The van der Waals surface area contributed by atoms with Gasteiger partial charge in [0.15, 0.2) is 0 Å². The van der Waals surface area contributed by atoms with Crippen molar-refractivity contribution in [2.75, 3.05) is 38.5 Å². The number of carbonyl (C=O) groups excluding carboxylic acids is 1. The molecule has 1 amide bonds. The SMILES string of the molecule is CNCCN1CCC(c2cc(C)c3nc(-c4ccc(NC(C)=O)cc4)[nH]c3c2)CC1. The van der Waals surface area contributed by atoms with E-state index in [2.05, 4.69) is 39.6 Å². The van der Waals surface area contributed by atoms with E-state index in [9.17, 15) is 4.79 Å². The third-order valence-electron chi connectivity index (χ3n) is 6.02. The van der Waals surface area contributed by atoms with E-state index in [1.807, 2.05) is 31.3 Å². The number of H-pyrrole nitrogens is 1. The van der Waals surface area contributed by atoms with Crippen LogP contribution in [0.5, 0.6) is 0 Å². The second kappa shape index (κ2) is 8.98. The van der Waals surface area contributed by atoms with Crippen molar-refractivity contribution in [1.29, 1.82) is 0 Å². The molecule has 0 saturated carbocycles. The highest BCUT2D eigenvalue weighted by Crippen LogP contribution is 2.32. The first-order valence-electron chi connectivity index (χ1n) is 10.8.